The van der Waals surface area contributed by atoms with Crippen LogP contribution in [-0.4, -0.2) is 43.2 Å². The molecule has 2 rings (SSSR count). The number of amides is 1. The van der Waals surface area contributed by atoms with Crippen molar-refractivity contribution in [3.8, 4) is 11.8 Å². The fourth-order valence-corrected chi connectivity index (χ4v) is 2.71. The highest BCUT2D eigenvalue weighted by Gasteiger charge is 2.31. The highest BCUT2D eigenvalue weighted by Crippen LogP contribution is 2.22. The summed E-state index contributed by atoms with van der Waals surface area (Å²) in [5.41, 5.74) is 6.57. The first-order chi connectivity index (χ1) is 10.0. The maximum atomic E-state index is 12.5. The second kappa shape index (κ2) is 6.95. The van der Waals surface area contributed by atoms with Gasteiger partial charge in [-0.15, -0.1) is 0 Å². The Hall–Kier alpha value is -1.54. The van der Waals surface area contributed by atoms with E-state index in [1.54, 1.807) is 30.1 Å². The molecule has 0 saturated carbocycles. The molecule has 21 heavy (non-hydrogen) atoms. The van der Waals surface area contributed by atoms with E-state index in [0.717, 1.165) is 6.42 Å². The van der Waals surface area contributed by atoms with Crippen LogP contribution in [0.4, 0.5) is 0 Å². The molecule has 0 spiro atoms. The summed E-state index contributed by atoms with van der Waals surface area (Å²) >= 11 is 6.16. The minimum absolute atomic E-state index is 0.0578. The Kier molecular flexibility index (Phi) is 5.24. The van der Waals surface area contributed by atoms with E-state index in [0.29, 0.717) is 22.8 Å². The van der Waals surface area contributed by atoms with Crippen molar-refractivity contribution in [3.63, 3.8) is 0 Å². The lowest BCUT2D eigenvalue weighted by Crippen LogP contribution is -2.41. The van der Waals surface area contributed by atoms with Crippen LogP contribution in [0, 0.1) is 11.8 Å². The molecule has 1 aliphatic rings. The van der Waals surface area contributed by atoms with Crippen molar-refractivity contribution in [1.82, 2.24) is 4.90 Å². The Morgan fingerprint density at radius 2 is 2.33 bits per heavy atom. The van der Waals surface area contributed by atoms with Gasteiger partial charge in [0.2, 0.25) is 0 Å². The van der Waals surface area contributed by atoms with Crippen molar-refractivity contribution >= 4 is 17.5 Å². The number of nitrogens with zero attached hydrogens (tertiary/aromatic N) is 1. The monoisotopic (exact) mass is 306 g/mol. The maximum absolute atomic E-state index is 12.5. The molecule has 1 aromatic carbocycles. The highest BCUT2D eigenvalue weighted by molar-refractivity contribution is 6.32. The number of halogens is 1. The third-order valence-corrected chi connectivity index (χ3v) is 4.01. The molecule has 0 aliphatic carbocycles. The number of ether oxygens (including phenoxy) is 1. The number of carbonyl (C=O) groups is 1. The lowest BCUT2D eigenvalue weighted by atomic mass is 10.1. The predicted molar refractivity (Wildman–Crippen MR) is 83.3 cm³/mol. The summed E-state index contributed by atoms with van der Waals surface area (Å²) in [6.45, 7) is 2.96. The minimum Gasteiger partial charge on any atom is -0.376 e. The number of likely N-dealkylation sites (N-methyl/N-ethyl adjacent to an activating group) is 1. The number of nitrogens with two attached hydrogens (primary N) is 1. The van der Waals surface area contributed by atoms with Crippen molar-refractivity contribution in [2.45, 2.75) is 25.5 Å². The van der Waals surface area contributed by atoms with Crippen LogP contribution < -0.4 is 5.73 Å². The Balaban J connectivity index is 2.17. The molecule has 1 aliphatic heterocycles. The molecule has 0 bridgehead atoms. The van der Waals surface area contributed by atoms with Gasteiger partial charge in [0.15, 0.2) is 0 Å². The molecule has 2 N–H and O–H groups in total. The van der Waals surface area contributed by atoms with Gasteiger partial charge in [0.1, 0.15) is 0 Å². The summed E-state index contributed by atoms with van der Waals surface area (Å²) in [5, 5.41) is 0.464. The average molecular weight is 307 g/mol. The normalized spacial score (nSPS) is 20.8. The van der Waals surface area contributed by atoms with Crippen molar-refractivity contribution in [1.29, 1.82) is 0 Å². The van der Waals surface area contributed by atoms with Crippen LogP contribution in [0.5, 0.6) is 0 Å². The van der Waals surface area contributed by atoms with E-state index in [9.17, 15) is 4.79 Å². The molecule has 1 saturated heterocycles. The summed E-state index contributed by atoms with van der Waals surface area (Å²) in [7, 11) is 1.80. The highest BCUT2D eigenvalue weighted by atomic mass is 35.5. The summed E-state index contributed by atoms with van der Waals surface area (Å²) in [4.78, 5) is 14.2. The first-order valence-corrected chi connectivity index (χ1v) is 7.29. The molecule has 4 nitrogen and oxygen atoms in total. The van der Waals surface area contributed by atoms with Gasteiger partial charge in [-0.25, -0.2) is 0 Å². The molecule has 1 amide bonds. The number of hydrogen-bond acceptors (Lipinski definition) is 3. The van der Waals surface area contributed by atoms with Crippen LogP contribution in [-0.2, 0) is 4.74 Å². The molecule has 2 atom stereocenters. The molecule has 1 heterocycles. The van der Waals surface area contributed by atoms with E-state index < -0.39 is 0 Å². The van der Waals surface area contributed by atoms with Gasteiger partial charge in [0.25, 0.3) is 5.91 Å². The zero-order valence-electron chi connectivity index (χ0n) is 12.2. The molecule has 0 aromatic heterocycles. The van der Waals surface area contributed by atoms with E-state index in [1.807, 2.05) is 6.92 Å². The molecule has 112 valence electrons. The van der Waals surface area contributed by atoms with Crippen LogP contribution in [0.3, 0.4) is 0 Å². The fraction of sp³-hybridized carbons (Fsp3) is 0.438. The second-order valence-electron chi connectivity index (χ2n) is 5.05. The first-order valence-electron chi connectivity index (χ1n) is 6.92. The van der Waals surface area contributed by atoms with Crippen LogP contribution in [0.1, 0.15) is 29.3 Å². The van der Waals surface area contributed by atoms with E-state index >= 15 is 0 Å². The summed E-state index contributed by atoms with van der Waals surface area (Å²) in [6.07, 6.45) is 0.918. The molecule has 2 unspecified atom stereocenters. The van der Waals surface area contributed by atoms with Gasteiger partial charge >= 0.3 is 0 Å². The first kappa shape index (κ1) is 15.8. The SMILES string of the molecule is CC1OCCC1N(C)C(=O)c1ccc(C#CCN)c(Cl)c1. The van der Waals surface area contributed by atoms with Gasteiger partial charge in [0.05, 0.1) is 23.7 Å². The molecule has 5 heteroatoms. The van der Waals surface area contributed by atoms with Crippen molar-refractivity contribution in [2.75, 3.05) is 20.2 Å². The molecule has 1 aromatic rings. The third-order valence-electron chi connectivity index (χ3n) is 3.70. The van der Waals surface area contributed by atoms with Crippen molar-refractivity contribution in [2.24, 2.45) is 5.73 Å². The topological polar surface area (TPSA) is 55.6 Å². The number of benzene rings is 1. The quantitative estimate of drug-likeness (QED) is 0.849. The van der Waals surface area contributed by atoms with E-state index in [1.165, 1.54) is 0 Å². The van der Waals surface area contributed by atoms with Crippen LogP contribution in [0.2, 0.25) is 5.02 Å². The lowest BCUT2D eigenvalue weighted by Gasteiger charge is -2.26. The van der Waals surface area contributed by atoms with E-state index in [2.05, 4.69) is 11.8 Å². The minimum atomic E-state index is -0.0578. The number of hydrogen-bond donors (Lipinski definition) is 1. The molecular formula is C16H19ClN2O2. The largest absolute Gasteiger partial charge is 0.376 e. The van der Waals surface area contributed by atoms with Crippen LogP contribution in [0.15, 0.2) is 18.2 Å². The van der Waals surface area contributed by atoms with Gasteiger partial charge in [0, 0.05) is 24.8 Å². The number of rotatable bonds is 2. The predicted octanol–water partition coefficient (Wildman–Crippen LogP) is 1.90. The van der Waals surface area contributed by atoms with Crippen molar-refractivity contribution < 1.29 is 9.53 Å². The molecule has 1 fully saturated rings. The standard InChI is InChI=1S/C16H19ClN2O2/c1-11-15(7-9-21-11)19(2)16(20)13-6-5-12(4-3-8-18)14(17)10-13/h5-6,10-11,15H,7-9,18H2,1-2H3. The summed E-state index contributed by atoms with van der Waals surface area (Å²) in [5.74, 6) is 5.57. The van der Waals surface area contributed by atoms with Gasteiger partial charge in [-0.1, -0.05) is 23.4 Å². The summed E-state index contributed by atoms with van der Waals surface area (Å²) in [6, 6.07) is 5.25. The Labute approximate surface area is 130 Å². The zero-order valence-corrected chi connectivity index (χ0v) is 13.0. The van der Waals surface area contributed by atoms with E-state index in [4.69, 9.17) is 22.1 Å². The maximum Gasteiger partial charge on any atom is 0.253 e. The van der Waals surface area contributed by atoms with Crippen LogP contribution in [0.25, 0.3) is 0 Å². The molecule has 0 radical (unpaired) electrons. The van der Waals surface area contributed by atoms with Gasteiger partial charge in [-0.3, -0.25) is 4.79 Å². The Morgan fingerprint density at radius 3 is 2.90 bits per heavy atom. The Morgan fingerprint density at radius 1 is 1.57 bits per heavy atom. The zero-order chi connectivity index (χ0) is 15.4. The fourth-order valence-electron chi connectivity index (χ4n) is 2.48. The van der Waals surface area contributed by atoms with Gasteiger partial charge < -0.3 is 15.4 Å². The second-order valence-corrected chi connectivity index (χ2v) is 5.46. The van der Waals surface area contributed by atoms with E-state index in [-0.39, 0.29) is 24.6 Å². The Bertz CT molecular complexity index is 592. The number of carbonyl (C=O) groups excluding carboxylic acids is 1. The molecular weight excluding hydrogens is 288 g/mol. The summed E-state index contributed by atoms with van der Waals surface area (Å²) < 4.78 is 5.51. The van der Waals surface area contributed by atoms with Crippen molar-refractivity contribution in [3.05, 3.63) is 34.3 Å². The van der Waals surface area contributed by atoms with Crippen LogP contribution >= 0.6 is 11.6 Å². The third kappa shape index (κ3) is 3.56. The lowest BCUT2D eigenvalue weighted by molar-refractivity contribution is 0.0574. The average Bonchev–Trinajstić information content (AvgIpc) is 2.90. The van der Waals surface area contributed by atoms with Gasteiger partial charge in [-0.2, -0.15) is 0 Å². The van der Waals surface area contributed by atoms with Gasteiger partial charge in [-0.05, 0) is 31.5 Å². The smallest absolute Gasteiger partial charge is 0.253 e.